The molecule has 5 nitrogen and oxygen atoms in total. The van der Waals surface area contributed by atoms with Crippen LogP contribution in [0, 0.1) is 5.92 Å². The van der Waals surface area contributed by atoms with Crippen LogP contribution in [0.5, 0.6) is 0 Å². The molecule has 1 saturated heterocycles. The smallest absolute Gasteiger partial charge is 0.293 e. The molecule has 1 aromatic heterocycles. The lowest BCUT2D eigenvalue weighted by Crippen LogP contribution is -2.28. The van der Waals surface area contributed by atoms with Crippen LogP contribution < -0.4 is 10.9 Å². The van der Waals surface area contributed by atoms with Gasteiger partial charge in [0, 0.05) is 37.6 Å². The van der Waals surface area contributed by atoms with Crippen molar-refractivity contribution >= 4 is 5.82 Å². The second kappa shape index (κ2) is 4.88. The van der Waals surface area contributed by atoms with Crippen molar-refractivity contribution in [2.45, 2.75) is 44.2 Å². The van der Waals surface area contributed by atoms with Gasteiger partial charge in [0.05, 0.1) is 0 Å². The highest BCUT2D eigenvalue weighted by atomic mass is 16.1. The molecule has 1 aliphatic heterocycles. The number of aromatic nitrogens is 2. The van der Waals surface area contributed by atoms with Crippen LogP contribution >= 0.6 is 0 Å². The minimum atomic E-state index is 0.0482. The van der Waals surface area contributed by atoms with Crippen LogP contribution in [0.3, 0.4) is 0 Å². The van der Waals surface area contributed by atoms with E-state index in [0.717, 1.165) is 25.4 Å². The maximum atomic E-state index is 12.3. The molecule has 0 amide bonds. The van der Waals surface area contributed by atoms with Crippen molar-refractivity contribution < 1.29 is 0 Å². The summed E-state index contributed by atoms with van der Waals surface area (Å²) in [5.74, 6) is 1.19. The molecule has 1 unspecified atom stereocenters. The molecule has 0 aromatic carbocycles. The first-order chi connectivity index (χ1) is 9.81. The van der Waals surface area contributed by atoms with Crippen molar-refractivity contribution in [2.24, 2.45) is 5.92 Å². The quantitative estimate of drug-likeness (QED) is 0.883. The number of rotatable bonds is 5. The fourth-order valence-corrected chi connectivity index (χ4v) is 3.23. The molecule has 108 valence electrons. The molecule has 2 heterocycles. The zero-order chi connectivity index (χ0) is 13.5. The van der Waals surface area contributed by atoms with Crippen LogP contribution in [-0.2, 0) is 0 Å². The van der Waals surface area contributed by atoms with Gasteiger partial charge in [-0.05, 0) is 44.6 Å². The zero-order valence-electron chi connectivity index (χ0n) is 11.8. The van der Waals surface area contributed by atoms with Crippen LogP contribution in [0.25, 0.3) is 0 Å². The van der Waals surface area contributed by atoms with Gasteiger partial charge in [0.25, 0.3) is 5.56 Å². The van der Waals surface area contributed by atoms with Gasteiger partial charge in [-0.3, -0.25) is 4.79 Å². The molecule has 20 heavy (non-hydrogen) atoms. The van der Waals surface area contributed by atoms with E-state index in [4.69, 9.17) is 0 Å². The molecular formula is C15H22N4O. The Bertz CT molecular complexity index is 547. The largest absolute Gasteiger partial charge is 0.365 e. The van der Waals surface area contributed by atoms with E-state index in [-0.39, 0.29) is 5.56 Å². The Morgan fingerprint density at radius 3 is 2.75 bits per heavy atom. The summed E-state index contributed by atoms with van der Waals surface area (Å²) in [7, 11) is 0. The fraction of sp³-hybridized carbons (Fsp3) is 0.733. The summed E-state index contributed by atoms with van der Waals surface area (Å²) in [6.45, 7) is 3.28. The van der Waals surface area contributed by atoms with E-state index in [9.17, 15) is 4.79 Å². The fourth-order valence-electron chi connectivity index (χ4n) is 3.23. The second-order valence-corrected chi connectivity index (χ2v) is 6.48. The number of hydrogen-bond acceptors (Lipinski definition) is 4. The lowest BCUT2D eigenvalue weighted by molar-refractivity contribution is 0.316. The van der Waals surface area contributed by atoms with Crippen molar-refractivity contribution in [3.8, 4) is 0 Å². The number of anilines is 1. The average Bonchev–Trinajstić information content (AvgIpc) is 3.37. The Hall–Kier alpha value is -1.36. The Kier molecular flexibility index (Phi) is 3.02. The molecule has 3 aliphatic rings. The Balaban J connectivity index is 1.37. The predicted octanol–water partition coefficient (Wildman–Crippen LogP) is 1.47. The van der Waals surface area contributed by atoms with Crippen molar-refractivity contribution in [3.63, 3.8) is 0 Å². The number of hydrogen-bond donors (Lipinski definition) is 1. The van der Waals surface area contributed by atoms with E-state index in [2.05, 4.69) is 15.2 Å². The van der Waals surface area contributed by atoms with Crippen LogP contribution in [-0.4, -0.2) is 40.1 Å². The van der Waals surface area contributed by atoms with Crippen molar-refractivity contribution in [1.29, 1.82) is 0 Å². The Morgan fingerprint density at radius 1 is 1.20 bits per heavy atom. The summed E-state index contributed by atoms with van der Waals surface area (Å²) >= 11 is 0. The van der Waals surface area contributed by atoms with Gasteiger partial charge in [-0.1, -0.05) is 0 Å². The topological polar surface area (TPSA) is 50.2 Å². The average molecular weight is 274 g/mol. The van der Waals surface area contributed by atoms with Crippen LogP contribution in [0.15, 0.2) is 17.2 Å². The summed E-state index contributed by atoms with van der Waals surface area (Å²) in [4.78, 5) is 19.1. The third kappa shape index (κ3) is 2.46. The van der Waals surface area contributed by atoms with Crippen molar-refractivity contribution in [1.82, 2.24) is 14.5 Å². The lowest BCUT2D eigenvalue weighted by Gasteiger charge is -2.15. The molecule has 1 N–H and O–H groups in total. The molecule has 2 saturated carbocycles. The SMILES string of the molecule is O=c1c(NCC2CCN(C3CC3)C2)nccn1C1CC1. The van der Waals surface area contributed by atoms with Gasteiger partial charge in [-0.15, -0.1) is 0 Å². The molecule has 0 spiro atoms. The maximum absolute atomic E-state index is 12.3. The van der Waals surface area contributed by atoms with E-state index in [1.54, 1.807) is 6.20 Å². The summed E-state index contributed by atoms with van der Waals surface area (Å²) in [6.07, 6.45) is 9.82. The molecular weight excluding hydrogens is 252 g/mol. The first kappa shape index (κ1) is 12.4. The molecule has 0 radical (unpaired) electrons. The van der Waals surface area contributed by atoms with Crippen LogP contribution in [0.2, 0.25) is 0 Å². The zero-order valence-corrected chi connectivity index (χ0v) is 11.8. The summed E-state index contributed by atoms with van der Waals surface area (Å²) in [5.41, 5.74) is 0.0482. The monoisotopic (exact) mass is 274 g/mol. The van der Waals surface area contributed by atoms with Crippen molar-refractivity contribution in [3.05, 3.63) is 22.7 Å². The highest BCUT2D eigenvalue weighted by Gasteiger charge is 2.34. The summed E-state index contributed by atoms with van der Waals surface area (Å²) in [6, 6.07) is 1.28. The normalized spacial score (nSPS) is 26.9. The standard InChI is InChI=1S/C15H22N4O/c20-15-14(16-6-8-19(15)13-3-4-13)17-9-11-5-7-18(10-11)12-1-2-12/h6,8,11-13H,1-5,7,9-10H2,(H,16,17). The third-order valence-corrected chi connectivity index (χ3v) is 4.75. The first-order valence-electron chi connectivity index (χ1n) is 7.86. The molecule has 3 fully saturated rings. The molecule has 5 heteroatoms. The van der Waals surface area contributed by atoms with Gasteiger partial charge in [-0.25, -0.2) is 4.98 Å². The van der Waals surface area contributed by atoms with Gasteiger partial charge < -0.3 is 14.8 Å². The predicted molar refractivity (Wildman–Crippen MR) is 78.0 cm³/mol. The molecule has 0 bridgehead atoms. The van der Waals surface area contributed by atoms with Crippen molar-refractivity contribution in [2.75, 3.05) is 25.0 Å². The van der Waals surface area contributed by atoms with E-state index in [1.807, 2.05) is 10.8 Å². The molecule has 1 aromatic rings. The Labute approximate surface area is 119 Å². The minimum Gasteiger partial charge on any atom is -0.365 e. The molecule has 4 rings (SSSR count). The van der Waals surface area contributed by atoms with E-state index in [0.29, 0.717) is 17.8 Å². The first-order valence-corrected chi connectivity index (χ1v) is 7.86. The van der Waals surface area contributed by atoms with Gasteiger partial charge in [-0.2, -0.15) is 0 Å². The summed E-state index contributed by atoms with van der Waals surface area (Å²) < 4.78 is 1.83. The number of nitrogens with zero attached hydrogens (tertiary/aromatic N) is 3. The second-order valence-electron chi connectivity index (χ2n) is 6.48. The summed E-state index contributed by atoms with van der Waals surface area (Å²) in [5, 5.41) is 3.29. The Morgan fingerprint density at radius 2 is 2.00 bits per heavy atom. The van der Waals surface area contributed by atoms with E-state index >= 15 is 0 Å². The minimum absolute atomic E-state index is 0.0482. The highest BCUT2D eigenvalue weighted by molar-refractivity contribution is 5.31. The third-order valence-electron chi connectivity index (χ3n) is 4.75. The van der Waals surface area contributed by atoms with E-state index < -0.39 is 0 Å². The van der Waals surface area contributed by atoms with Gasteiger partial charge in [0.1, 0.15) is 0 Å². The van der Waals surface area contributed by atoms with Gasteiger partial charge >= 0.3 is 0 Å². The van der Waals surface area contributed by atoms with E-state index in [1.165, 1.54) is 32.4 Å². The molecule has 2 aliphatic carbocycles. The number of nitrogens with one attached hydrogen (secondary N) is 1. The van der Waals surface area contributed by atoms with Crippen LogP contribution in [0.1, 0.15) is 38.1 Å². The maximum Gasteiger partial charge on any atom is 0.293 e. The van der Waals surface area contributed by atoms with Crippen LogP contribution in [0.4, 0.5) is 5.82 Å². The lowest BCUT2D eigenvalue weighted by atomic mass is 10.1. The molecule has 1 atom stereocenters. The number of likely N-dealkylation sites (tertiary alicyclic amines) is 1. The van der Waals surface area contributed by atoms with Gasteiger partial charge in [0.2, 0.25) is 0 Å². The van der Waals surface area contributed by atoms with Gasteiger partial charge in [0.15, 0.2) is 5.82 Å². The highest BCUT2D eigenvalue weighted by Crippen LogP contribution is 2.33.